The Morgan fingerprint density at radius 1 is 1.16 bits per heavy atom. The molecule has 19 heavy (non-hydrogen) atoms. The molecule has 3 rings (SSSR count). The van der Waals surface area contributed by atoms with Crippen molar-refractivity contribution in [3.8, 4) is 0 Å². The smallest absolute Gasteiger partial charge is 0.252 e. The maximum atomic E-state index is 12.2. The lowest BCUT2D eigenvalue weighted by molar-refractivity contribution is -0.139. The Bertz CT molecular complexity index is 549. The maximum absolute atomic E-state index is 12.2. The third kappa shape index (κ3) is 2.23. The molecule has 1 aliphatic heterocycles. The summed E-state index contributed by atoms with van der Waals surface area (Å²) in [5, 5.41) is 3.19. The van der Waals surface area contributed by atoms with Crippen LogP contribution in [-0.2, 0) is 9.59 Å². The summed E-state index contributed by atoms with van der Waals surface area (Å²) in [7, 11) is 0. The van der Waals surface area contributed by atoms with Gasteiger partial charge in [0.25, 0.3) is 5.91 Å². The average Bonchev–Trinajstić information content (AvgIpc) is 3.13. The zero-order chi connectivity index (χ0) is 13.6. The number of carbonyl (C=O) groups is 2. The number of nitrogens with one attached hydrogen (secondary N) is 1. The lowest BCUT2D eigenvalue weighted by Crippen LogP contribution is -2.36. The van der Waals surface area contributed by atoms with Gasteiger partial charge in [0.05, 0.1) is 6.42 Å². The lowest BCUT2D eigenvalue weighted by Gasteiger charge is -2.15. The monoisotopic (exact) mass is 258 g/mol. The number of nitrogens with zero attached hydrogens (tertiary/aromatic N) is 1. The molecule has 2 aliphatic rings. The van der Waals surface area contributed by atoms with E-state index in [4.69, 9.17) is 0 Å². The van der Waals surface area contributed by atoms with E-state index >= 15 is 0 Å². The summed E-state index contributed by atoms with van der Waals surface area (Å²) < 4.78 is 0. The Balaban J connectivity index is 1.74. The molecule has 1 atom stereocenters. The van der Waals surface area contributed by atoms with Gasteiger partial charge in [0.2, 0.25) is 5.91 Å². The van der Waals surface area contributed by atoms with Crippen LogP contribution in [0.25, 0.3) is 0 Å². The molecular weight excluding hydrogens is 240 g/mol. The molecule has 1 aromatic carbocycles. The third-order valence-corrected chi connectivity index (χ3v) is 3.94. The predicted octanol–water partition coefficient (Wildman–Crippen LogP) is 2.01. The first-order chi connectivity index (χ1) is 9.06. The summed E-state index contributed by atoms with van der Waals surface area (Å²) in [5.41, 5.74) is 3.31. The molecule has 0 bridgehead atoms. The van der Waals surface area contributed by atoms with Crippen molar-refractivity contribution < 1.29 is 9.59 Å². The molecular formula is C15H18N2O2. The normalized spacial score (nSPS) is 23.1. The second-order valence-corrected chi connectivity index (χ2v) is 5.53. The number of anilines is 1. The number of imide groups is 1. The zero-order valence-electron chi connectivity index (χ0n) is 11.3. The lowest BCUT2D eigenvalue weighted by atomic mass is 10.1. The fourth-order valence-corrected chi connectivity index (χ4v) is 2.51. The predicted molar refractivity (Wildman–Crippen MR) is 72.8 cm³/mol. The first kappa shape index (κ1) is 12.2. The third-order valence-electron chi connectivity index (χ3n) is 3.94. The van der Waals surface area contributed by atoms with Crippen molar-refractivity contribution in [3.63, 3.8) is 0 Å². The van der Waals surface area contributed by atoms with Crippen LogP contribution in [-0.4, -0.2) is 28.8 Å². The minimum Gasteiger partial charge on any atom is -0.373 e. The molecule has 1 saturated heterocycles. The first-order valence-corrected chi connectivity index (χ1v) is 6.76. The largest absolute Gasteiger partial charge is 0.373 e. The van der Waals surface area contributed by atoms with Crippen molar-refractivity contribution in [2.24, 2.45) is 0 Å². The van der Waals surface area contributed by atoms with Gasteiger partial charge < -0.3 is 5.32 Å². The summed E-state index contributed by atoms with van der Waals surface area (Å²) in [6.07, 6.45) is 2.21. The Morgan fingerprint density at radius 2 is 1.89 bits per heavy atom. The number of rotatable bonds is 3. The van der Waals surface area contributed by atoms with Crippen molar-refractivity contribution in [3.05, 3.63) is 29.3 Å². The van der Waals surface area contributed by atoms with Gasteiger partial charge >= 0.3 is 0 Å². The number of benzene rings is 1. The molecule has 1 aromatic rings. The summed E-state index contributed by atoms with van der Waals surface area (Å²) in [6.45, 7) is 4.09. The van der Waals surface area contributed by atoms with E-state index in [0.717, 1.165) is 18.5 Å². The Labute approximate surface area is 112 Å². The van der Waals surface area contributed by atoms with E-state index < -0.39 is 6.04 Å². The van der Waals surface area contributed by atoms with Gasteiger partial charge in [-0.2, -0.15) is 0 Å². The molecule has 2 amide bonds. The molecule has 4 heteroatoms. The van der Waals surface area contributed by atoms with Crippen molar-refractivity contribution in [1.29, 1.82) is 0 Å². The van der Waals surface area contributed by atoms with Gasteiger partial charge in [0, 0.05) is 11.7 Å². The molecule has 2 fully saturated rings. The number of likely N-dealkylation sites (tertiary alicyclic amines) is 1. The van der Waals surface area contributed by atoms with Crippen LogP contribution in [0.2, 0.25) is 0 Å². The van der Waals surface area contributed by atoms with Gasteiger partial charge in [-0.05, 0) is 49.9 Å². The standard InChI is InChI=1S/C15H18N2O2/c1-9-3-4-11(7-10(9)2)16-13-8-14(18)17(15(13)19)12-5-6-12/h3-4,7,12-13,16H,5-6,8H2,1-2H3. The number of aryl methyl sites for hydroxylation is 2. The minimum atomic E-state index is -0.393. The zero-order valence-corrected chi connectivity index (χ0v) is 11.3. The van der Waals surface area contributed by atoms with Crippen LogP contribution in [0.3, 0.4) is 0 Å². The summed E-state index contributed by atoms with van der Waals surface area (Å²) >= 11 is 0. The van der Waals surface area contributed by atoms with Gasteiger partial charge in [-0.3, -0.25) is 14.5 Å². The van der Waals surface area contributed by atoms with Gasteiger partial charge in [-0.15, -0.1) is 0 Å². The number of carbonyl (C=O) groups excluding carboxylic acids is 2. The van der Waals surface area contributed by atoms with Gasteiger partial charge in [0.1, 0.15) is 6.04 Å². The highest BCUT2D eigenvalue weighted by atomic mass is 16.2. The van der Waals surface area contributed by atoms with Crippen molar-refractivity contribution in [2.75, 3.05) is 5.32 Å². The SMILES string of the molecule is Cc1ccc(NC2CC(=O)N(C3CC3)C2=O)cc1C. The molecule has 4 nitrogen and oxygen atoms in total. The van der Waals surface area contributed by atoms with E-state index in [1.807, 2.05) is 25.1 Å². The van der Waals surface area contributed by atoms with Crippen LogP contribution < -0.4 is 5.32 Å². The molecule has 0 spiro atoms. The van der Waals surface area contributed by atoms with Crippen molar-refractivity contribution >= 4 is 17.5 Å². The first-order valence-electron chi connectivity index (χ1n) is 6.76. The minimum absolute atomic E-state index is 0.0335. The van der Waals surface area contributed by atoms with Gasteiger partial charge in [0.15, 0.2) is 0 Å². The fraction of sp³-hybridized carbons (Fsp3) is 0.467. The highest BCUT2D eigenvalue weighted by Gasteiger charge is 2.46. The summed E-state index contributed by atoms with van der Waals surface area (Å²) in [4.78, 5) is 25.5. The summed E-state index contributed by atoms with van der Waals surface area (Å²) in [6, 6.07) is 5.78. The van der Waals surface area contributed by atoms with E-state index in [0.29, 0.717) is 0 Å². The average molecular weight is 258 g/mol. The van der Waals surface area contributed by atoms with Crippen LogP contribution in [0.5, 0.6) is 0 Å². The molecule has 100 valence electrons. The number of hydrogen-bond donors (Lipinski definition) is 1. The highest BCUT2D eigenvalue weighted by Crippen LogP contribution is 2.32. The van der Waals surface area contributed by atoms with E-state index in [1.165, 1.54) is 16.0 Å². The second-order valence-electron chi connectivity index (χ2n) is 5.53. The Kier molecular flexibility index (Phi) is 2.81. The van der Waals surface area contributed by atoms with Crippen LogP contribution >= 0.6 is 0 Å². The van der Waals surface area contributed by atoms with Crippen LogP contribution in [0.15, 0.2) is 18.2 Å². The molecule has 0 radical (unpaired) electrons. The quantitative estimate of drug-likeness (QED) is 0.844. The number of amides is 2. The number of hydrogen-bond acceptors (Lipinski definition) is 3. The molecule has 1 saturated carbocycles. The molecule has 1 heterocycles. The van der Waals surface area contributed by atoms with Crippen LogP contribution in [0.4, 0.5) is 5.69 Å². The van der Waals surface area contributed by atoms with Crippen LogP contribution in [0, 0.1) is 13.8 Å². The van der Waals surface area contributed by atoms with E-state index in [1.54, 1.807) is 0 Å². The molecule has 1 N–H and O–H groups in total. The Hall–Kier alpha value is -1.84. The van der Waals surface area contributed by atoms with E-state index in [2.05, 4.69) is 12.2 Å². The van der Waals surface area contributed by atoms with Crippen molar-refractivity contribution in [2.45, 2.75) is 45.2 Å². The summed E-state index contributed by atoms with van der Waals surface area (Å²) in [5.74, 6) is -0.0976. The molecule has 1 aliphatic carbocycles. The van der Waals surface area contributed by atoms with Crippen LogP contribution in [0.1, 0.15) is 30.4 Å². The molecule has 0 aromatic heterocycles. The second kappa shape index (κ2) is 4.37. The highest BCUT2D eigenvalue weighted by molar-refractivity contribution is 6.07. The molecule has 1 unspecified atom stereocenters. The van der Waals surface area contributed by atoms with Crippen molar-refractivity contribution in [1.82, 2.24) is 4.90 Å². The maximum Gasteiger partial charge on any atom is 0.252 e. The van der Waals surface area contributed by atoms with E-state index in [-0.39, 0.29) is 24.3 Å². The van der Waals surface area contributed by atoms with E-state index in [9.17, 15) is 9.59 Å². The van der Waals surface area contributed by atoms with Gasteiger partial charge in [-0.25, -0.2) is 0 Å². The fourth-order valence-electron chi connectivity index (χ4n) is 2.51. The topological polar surface area (TPSA) is 49.4 Å². The Morgan fingerprint density at radius 3 is 2.53 bits per heavy atom. The van der Waals surface area contributed by atoms with Gasteiger partial charge in [-0.1, -0.05) is 6.07 Å².